The van der Waals surface area contributed by atoms with Crippen LogP contribution in [0.4, 0.5) is 4.39 Å². The normalized spacial score (nSPS) is 11.3. The Morgan fingerprint density at radius 3 is 2.17 bits per heavy atom. The Labute approximate surface area is 175 Å². The molecule has 0 radical (unpaired) electrons. The van der Waals surface area contributed by atoms with Crippen LogP contribution in [0.25, 0.3) is 43.9 Å². The van der Waals surface area contributed by atoms with Crippen LogP contribution in [0.3, 0.4) is 0 Å². The van der Waals surface area contributed by atoms with E-state index in [0.717, 1.165) is 38.5 Å². The van der Waals surface area contributed by atoms with Gasteiger partial charge in [-0.1, -0.05) is 59.7 Å². The zero-order chi connectivity index (χ0) is 20.8. The Morgan fingerprint density at radius 2 is 1.40 bits per heavy atom. The first-order valence-electron chi connectivity index (χ1n) is 10.2. The molecular formula is C28H22FN. The third-order valence-electron chi connectivity index (χ3n) is 5.80. The molecule has 5 rings (SSSR count). The standard InChI is InChI=1S/C28H22FN/c1-17-14-18(2)16-20(15-17)28-24-8-9-25-26(29)11-10-22(21-7-5-4-6-19(21)3)27(25)23(24)12-13-30-28/h4-16H,1-3H3. The van der Waals surface area contributed by atoms with Gasteiger partial charge in [0.05, 0.1) is 5.69 Å². The van der Waals surface area contributed by atoms with Crippen LogP contribution < -0.4 is 0 Å². The number of aromatic nitrogens is 1. The van der Waals surface area contributed by atoms with E-state index in [1.807, 2.05) is 42.6 Å². The summed E-state index contributed by atoms with van der Waals surface area (Å²) >= 11 is 0. The van der Waals surface area contributed by atoms with Crippen molar-refractivity contribution in [2.75, 3.05) is 0 Å². The lowest BCUT2D eigenvalue weighted by Crippen LogP contribution is -1.92. The number of halogens is 1. The van der Waals surface area contributed by atoms with Crippen LogP contribution in [-0.2, 0) is 0 Å². The summed E-state index contributed by atoms with van der Waals surface area (Å²) in [6, 6.07) is 24.1. The minimum Gasteiger partial charge on any atom is -0.256 e. The first-order chi connectivity index (χ1) is 14.5. The summed E-state index contributed by atoms with van der Waals surface area (Å²) in [6.45, 7) is 6.30. The highest BCUT2D eigenvalue weighted by Crippen LogP contribution is 2.39. The van der Waals surface area contributed by atoms with Crippen molar-refractivity contribution in [2.24, 2.45) is 0 Å². The Kier molecular flexibility index (Phi) is 4.36. The number of pyridine rings is 1. The molecule has 0 aliphatic heterocycles. The zero-order valence-electron chi connectivity index (χ0n) is 17.3. The van der Waals surface area contributed by atoms with E-state index in [1.54, 1.807) is 6.07 Å². The maximum absolute atomic E-state index is 14.8. The molecule has 2 heteroatoms. The molecule has 0 saturated heterocycles. The van der Waals surface area contributed by atoms with Gasteiger partial charge in [0.1, 0.15) is 5.82 Å². The quantitative estimate of drug-likeness (QED) is 0.280. The lowest BCUT2D eigenvalue weighted by molar-refractivity contribution is 0.640. The van der Waals surface area contributed by atoms with Gasteiger partial charge in [-0.15, -0.1) is 0 Å². The van der Waals surface area contributed by atoms with Gasteiger partial charge in [0.25, 0.3) is 0 Å². The molecule has 0 atom stereocenters. The molecule has 146 valence electrons. The Morgan fingerprint density at radius 1 is 0.667 bits per heavy atom. The Hall–Kier alpha value is -3.52. The highest BCUT2D eigenvalue weighted by atomic mass is 19.1. The molecule has 0 amide bonds. The maximum Gasteiger partial charge on any atom is 0.131 e. The highest BCUT2D eigenvalue weighted by molar-refractivity contribution is 6.17. The van der Waals surface area contributed by atoms with Gasteiger partial charge in [-0.25, -0.2) is 4.39 Å². The van der Waals surface area contributed by atoms with Crippen molar-refractivity contribution < 1.29 is 4.39 Å². The summed E-state index contributed by atoms with van der Waals surface area (Å²) < 4.78 is 14.8. The van der Waals surface area contributed by atoms with E-state index in [-0.39, 0.29) is 5.82 Å². The summed E-state index contributed by atoms with van der Waals surface area (Å²) in [5.41, 5.74) is 7.78. The zero-order valence-corrected chi connectivity index (χ0v) is 17.3. The third kappa shape index (κ3) is 2.96. The Balaban J connectivity index is 1.91. The van der Waals surface area contributed by atoms with Gasteiger partial charge in [0.15, 0.2) is 0 Å². The van der Waals surface area contributed by atoms with Crippen LogP contribution >= 0.6 is 0 Å². The molecule has 0 bridgehead atoms. The number of fused-ring (bicyclic) bond motifs is 3. The van der Waals surface area contributed by atoms with Crippen molar-refractivity contribution in [3.05, 3.63) is 102 Å². The average molecular weight is 391 g/mol. The lowest BCUT2D eigenvalue weighted by atomic mass is 9.90. The topological polar surface area (TPSA) is 12.9 Å². The van der Waals surface area contributed by atoms with Gasteiger partial charge in [0.2, 0.25) is 0 Å². The number of aryl methyl sites for hydroxylation is 3. The van der Waals surface area contributed by atoms with E-state index in [2.05, 4.69) is 51.1 Å². The largest absolute Gasteiger partial charge is 0.256 e. The molecule has 0 saturated carbocycles. The molecule has 0 aliphatic rings. The van der Waals surface area contributed by atoms with Crippen molar-refractivity contribution in [3.8, 4) is 22.4 Å². The fraction of sp³-hybridized carbons (Fsp3) is 0.107. The Bertz CT molecular complexity index is 1410. The second-order valence-electron chi connectivity index (χ2n) is 8.03. The van der Waals surface area contributed by atoms with Crippen molar-refractivity contribution in [3.63, 3.8) is 0 Å². The molecule has 30 heavy (non-hydrogen) atoms. The molecule has 0 unspecified atom stereocenters. The lowest BCUT2D eigenvalue weighted by Gasteiger charge is -2.15. The van der Waals surface area contributed by atoms with Gasteiger partial charge in [-0.3, -0.25) is 4.98 Å². The van der Waals surface area contributed by atoms with E-state index in [1.165, 1.54) is 16.7 Å². The predicted octanol–water partition coefficient (Wildman–Crippen LogP) is 7.79. The summed E-state index contributed by atoms with van der Waals surface area (Å²) in [5.74, 6) is -0.200. The number of rotatable bonds is 2. The van der Waals surface area contributed by atoms with E-state index < -0.39 is 0 Å². The molecular weight excluding hydrogens is 369 g/mol. The second-order valence-corrected chi connectivity index (χ2v) is 8.03. The fourth-order valence-corrected chi connectivity index (χ4v) is 4.51. The van der Waals surface area contributed by atoms with Crippen LogP contribution in [0.5, 0.6) is 0 Å². The summed E-state index contributed by atoms with van der Waals surface area (Å²) in [4.78, 5) is 4.71. The minimum absolute atomic E-state index is 0.200. The molecule has 4 aromatic carbocycles. The van der Waals surface area contributed by atoms with Crippen molar-refractivity contribution >= 4 is 21.5 Å². The van der Waals surface area contributed by atoms with Gasteiger partial charge in [0, 0.05) is 27.9 Å². The van der Waals surface area contributed by atoms with Crippen molar-refractivity contribution in [2.45, 2.75) is 20.8 Å². The van der Waals surface area contributed by atoms with E-state index in [4.69, 9.17) is 4.98 Å². The van der Waals surface area contributed by atoms with Gasteiger partial charge < -0.3 is 0 Å². The van der Waals surface area contributed by atoms with Crippen LogP contribution in [0.1, 0.15) is 16.7 Å². The SMILES string of the molecule is Cc1cc(C)cc(-c2nccc3c2ccc2c(F)ccc(-c4ccccc4C)c23)c1. The van der Waals surface area contributed by atoms with Crippen LogP contribution in [0.2, 0.25) is 0 Å². The van der Waals surface area contributed by atoms with Crippen LogP contribution in [0.15, 0.2) is 79.0 Å². The van der Waals surface area contributed by atoms with Gasteiger partial charge in [-0.05, 0) is 67.1 Å². The smallest absolute Gasteiger partial charge is 0.131 e. The van der Waals surface area contributed by atoms with Gasteiger partial charge >= 0.3 is 0 Å². The third-order valence-corrected chi connectivity index (χ3v) is 5.80. The monoisotopic (exact) mass is 391 g/mol. The molecule has 0 N–H and O–H groups in total. The second kappa shape index (κ2) is 7.07. The molecule has 5 aromatic rings. The molecule has 1 heterocycles. The number of benzene rings is 4. The highest BCUT2D eigenvalue weighted by Gasteiger charge is 2.15. The van der Waals surface area contributed by atoms with Gasteiger partial charge in [-0.2, -0.15) is 0 Å². The first-order valence-corrected chi connectivity index (χ1v) is 10.2. The molecule has 0 aliphatic carbocycles. The first kappa shape index (κ1) is 18.5. The fourth-order valence-electron chi connectivity index (χ4n) is 4.51. The molecule has 0 spiro atoms. The minimum atomic E-state index is -0.200. The summed E-state index contributed by atoms with van der Waals surface area (Å²) in [5, 5.41) is 3.64. The van der Waals surface area contributed by atoms with E-state index in [0.29, 0.717) is 5.39 Å². The number of hydrogen-bond acceptors (Lipinski definition) is 1. The average Bonchev–Trinajstić information content (AvgIpc) is 2.73. The predicted molar refractivity (Wildman–Crippen MR) is 124 cm³/mol. The summed E-state index contributed by atoms with van der Waals surface area (Å²) in [6.07, 6.45) is 1.83. The maximum atomic E-state index is 14.8. The molecule has 1 nitrogen and oxygen atoms in total. The summed E-state index contributed by atoms with van der Waals surface area (Å²) in [7, 11) is 0. The number of hydrogen-bond donors (Lipinski definition) is 0. The van der Waals surface area contributed by atoms with Crippen LogP contribution in [0, 0.1) is 26.6 Å². The van der Waals surface area contributed by atoms with E-state index in [9.17, 15) is 4.39 Å². The molecule has 1 aromatic heterocycles. The van der Waals surface area contributed by atoms with Crippen molar-refractivity contribution in [1.29, 1.82) is 0 Å². The van der Waals surface area contributed by atoms with Crippen molar-refractivity contribution in [1.82, 2.24) is 4.98 Å². The van der Waals surface area contributed by atoms with E-state index >= 15 is 0 Å². The molecule has 0 fully saturated rings. The van der Waals surface area contributed by atoms with Crippen LogP contribution in [-0.4, -0.2) is 4.98 Å². The number of nitrogens with zero attached hydrogens (tertiary/aromatic N) is 1.